The summed E-state index contributed by atoms with van der Waals surface area (Å²) in [7, 11) is -2.21. The van der Waals surface area contributed by atoms with Crippen LogP contribution in [0.4, 0.5) is 5.69 Å². The zero-order valence-corrected chi connectivity index (χ0v) is 19.6. The minimum Gasteiger partial charge on any atom is -0.495 e. The summed E-state index contributed by atoms with van der Waals surface area (Å²) in [6.45, 7) is 3.58. The predicted octanol–water partition coefficient (Wildman–Crippen LogP) is 3.92. The molecule has 1 amide bonds. The fourth-order valence-electron chi connectivity index (χ4n) is 4.14. The van der Waals surface area contributed by atoms with Gasteiger partial charge in [0, 0.05) is 0 Å². The summed E-state index contributed by atoms with van der Waals surface area (Å²) in [5.41, 5.74) is 5.06. The topological polar surface area (TPSA) is 75.7 Å². The molecule has 2 aromatic rings. The number of nitrogens with one attached hydrogen (secondary N) is 1. The largest absolute Gasteiger partial charge is 0.495 e. The molecular weight excluding hydrogens is 412 g/mol. The van der Waals surface area contributed by atoms with Crippen molar-refractivity contribution in [1.82, 2.24) is 5.32 Å². The van der Waals surface area contributed by atoms with Crippen molar-refractivity contribution in [2.45, 2.75) is 52.0 Å². The Morgan fingerprint density at radius 2 is 1.84 bits per heavy atom. The Hall–Kier alpha value is -2.54. The Kier molecular flexibility index (Phi) is 7.26. The van der Waals surface area contributed by atoms with E-state index < -0.39 is 10.0 Å². The lowest BCUT2D eigenvalue weighted by molar-refractivity contribution is -0.120. The first-order valence-electron chi connectivity index (χ1n) is 10.8. The molecule has 0 aliphatic heterocycles. The van der Waals surface area contributed by atoms with Crippen molar-refractivity contribution in [3.05, 3.63) is 58.7 Å². The van der Waals surface area contributed by atoms with Crippen LogP contribution in [0.25, 0.3) is 0 Å². The van der Waals surface area contributed by atoms with Gasteiger partial charge in [-0.05, 0) is 73.4 Å². The molecule has 0 fully saturated rings. The van der Waals surface area contributed by atoms with Crippen molar-refractivity contribution >= 4 is 21.6 Å². The zero-order chi connectivity index (χ0) is 22.6. The molecule has 0 spiro atoms. The maximum Gasteiger partial charge on any atom is 0.241 e. The highest BCUT2D eigenvalue weighted by molar-refractivity contribution is 7.92. The summed E-state index contributed by atoms with van der Waals surface area (Å²) in [5.74, 6) is 0.0594. The fourth-order valence-corrected chi connectivity index (χ4v) is 4.99. The number of methoxy groups -OCH3 is 1. The van der Waals surface area contributed by atoms with E-state index in [2.05, 4.69) is 23.5 Å². The van der Waals surface area contributed by atoms with Gasteiger partial charge in [-0.3, -0.25) is 9.10 Å². The summed E-state index contributed by atoms with van der Waals surface area (Å²) in [5, 5.41) is 3.03. The van der Waals surface area contributed by atoms with Gasteiger partial charge in [-0.1, -0.05) is 31.2 Å². The van der Waals surface area contributed by atoms with Gasteiger partial charge in [0.05, 0.1) is 25.1 Å². The van der Waals surface area contributed by atoms with Gasteiger partial charge in [0.25, 0.3) is 0 Å². The maximum atomic E-state index is 12.9. The molecule has 1 aliphatic rings. The van der Waals surface area contributed by atoms with Crippen molar-refractivity contribution < 1.29 is 17.9 Å². The van der Waals surface area contributed by atoms with Crippen LogP contribution in [-0.4, -0.2) is 34.2 Å². The van der Waals surface area contributed by atoms with Crippen molar-refractivity contribution in [3.63, 3.8) is 0 Å². The van der Waals surface area contributed by atoms with Gasteiger partial charge in [-0.2, -0.15) is 0 Å². The van der Waals surface area contributed by atoms with Crippen molar-refractivity contribution in [2.24, 2.45) is 0 Å². The van der Waals surface area contributed by atoms with Crippen molar-refractivity contribution in [1.29, 1.82) is 0 Å². The Morgan fingerprint density at radius 1 is 1.13 bits per heavy atom. The normalized spacial score (nSPS) is 14.5. The van der Waals surface area contributed by atoms with E-state index in [0.717, 1.165) is 41.0 Å². The highest BCUT2D eigenvalue weighted by atomic mass is 32.2. The van der Waals surface area contributed by atoms with Crippen LogP contribution >= 0.6 is 0 Å². The summed E-state index contributed by atoms with van der Waals surface area (Å²) in [6.07, 6.45) is 6.42. The number of rotatable bonds is 8. The fraction of sp³-hybridized carbons (Fsp3) is 0.458. The van der Waals surface area contributed by atoms with Gasteiger partial charge in [0.2, 0.25) is 15.9 Å². The molecule has 168 valence electrons. The summed E-state index contributed by atoms with van der Waals surface area (Å²) >= 11 is 0. The lowest BCUT2D eigenvalue weighted by atomic mass is 9.89. The van der Waals surface area contributed by atoms with Crippen LogP contribution in [0.5, 0.6) is 5.75 Å². The molecule has 2 aromatic carbocycles. The van der Waals surface area contributed by atoms with Crippen LogP contribution in [0.2, 0.25) is 0 Å². The van der Waals surface area contributed by atoms with Gasteiger partial charge in [0.1, 0.15) is 12.3 Å². The first kappa shape index (κ1) is 23.1. The summed E-state index contributed by atoms with van der Waals surface area (Å²) in [4.78, 5) is 12.9. The van der Waals surface area contributed by atoms with Gasteiger partial charge in [-0.25, -0.2) is 8.42 Å². The molecule has 0 saturated carbocycles. The first-order valence-corrected chi connectivity index (χ1v) is 12.6. The third-order valence-corrected chi connectivity index (χ3v) is 6.94. The number of carbonyl (C=O) groups is 1. The van der Waals surface area contributed by atoms with Crippen molar-refractivity contribution in [2.75, 3.05) is 24.2 Å². The lowest BCUT2D eigenvalue weighted by Gasteiger charge is -2.26. The molecular formula is C24H32N2O4S. The van der Waals surface area contributed by atoms with E-state index in [-0.39, 0.29) is 18.5 Å². The van der Waals surface area contributed by atoms with E-state index >= 15 is 0 Å². The number of sulfonamides is 1. The van der Waals surface area contributed by atoms with Gasteiger partial charge in [0.15, 0.2) is 0 Å². The van der Waals surface area contributed by atoms with Gasteiger partial charge < -0.3 is 10.1 Å². The van der Waals surface area contributed by atoms with Crippen LogP contribution in [0, 0.1) is 6.92 Å². The Morgan fingerprint density at radius 3 is 2.48 bits per heavy atom. The van der Waals surface area contributed by atoms with Crippen LogP contribution in [0.15, 0.2) is 36.4 Å². The quantitative estimate of drug-likeness (QED) is 0.670. The number of benzene rings is 2. The van der Waals surface area contributed by atoms with Crippen LogP contribution in [0.3, 0.4) is 0 Å². The molecule has 1 N–H and O–H groups in total. The van der Waals surface area contributed by atoms with Gasteiger partial charge in [-0.15, -0.1) is 0 Å². The molecule has 1 aliphatic carbocycles. The predicted molar refractivity (Wildman–Crippen MR) is 124 cm³/mol. The SMILES string of the molecule is CC[C@@H](NC(=O)CN(c1cc(C)ccc1OC)S(C)(=O)=O)c1ccc2c(c1)CCCC2. The van der Waals surface area contributed by atoms with E-state index in [1.807, 2.05) is 19.9 Å². The lowest BCUT2D eigenvalue weighted by Crippen LogP contribution is -2.41. The van der Waals surface area contributed by atoms with E-state index in [1.165, 1.54) is 31.1 Å². The first-order chi connectivity index (χ1) is 14.7. The number of carbonyl (C=O) groups excluding carboxylic acids is 1. The number of fused-ring (bicyclic) bond motifs is 1. The molecule has 0 unspecified atom stereocenters. The second-order valence-electron chi connectivity index (χ2n) is 8.21. The van der Waals surface area contributed by atoms with Gasteiger partial charge >= 0.3 is 0 Å². The monoisotopic (exact) mass is 444 g/mol. The molecule has 6 nitrogen and oxygen atoms in total. The minimum absolute atomic E-state index is 0.166. The smallest absolute Gasteiger partial charge is 0.241 e. The number of ether oxygens (including phenoxy) is 1. The van der Waals surface area contributed by atoms with Crippen molar-refractivity contribution in [3.8, 4) is 5.75 Å². The molecule has 0 saturated heterocycles. The number of hydrogen-bond donors (Lipinski definition) is 1. The molecule has 0 bridgehead atoms. The highest BCUT2D eigenvalue weighted by Gasteiger charge is 2.25. The Labute approximate surface area is 185 Å². The molecule has 0 radical (unpaired) electrons. The third kappa shape index (κ3) is 5.58. The van der Waals surface area contributed by atoms with E-state index in [1.54, 1.807) is 12.1 Å². The number of anilines is 1. The molecule has 0 heterocycles. The zero-order valence-electron chi connectivity index (χ0n) is 18.8. The summed E-state index contributed by atoms with van der Waals surface area (Å²) in [6, 6.07) is 11.5. The molecule has 1 atom stereocenters. The molecule has 0 aromatic heterocycles. The Balaban J connectivity index is 1.81. The average molecular weight is 445 g/mol. The van der Waals surface area contributed by atoms with Crippen LogP contribution in [0.1, 0.15) is 54.5 Å². The second kappa shape index (κ2) is 9.73. The second-order valence-corrected chi connectivity index (χ2v) is 10.1. The standard InChI is InChI=1S/C24H32N2O4S/c1-5-21(20-12-11-18-8-6-7-9-19(18)15-20)25-24(27)16-26(31(4,28)29)22-14-17(2)10-13-23(22)30-3/h10-15,21H,5-9,16H2,1-4H3,(H,25,27)/t21-/m1/s1. The maximum absolute atomic E-state index is 12.9. The van der Waals surface area contributed by atoms with Crippen LogP contribution in [-0.2, 0) is 27.7 Å². The summed E-state index contributed by atoms with van der Waals surface area (Å²) < 4.78 is 31.5. The molecule has 31 heavy (non-hydrogen) atoms. The van der Waals surface area contributed by atoms with E-state index in [0.29, 0.717) is 11.4 Å². The van der Waals surface area contributed by atoms with Crippen LogP contribution < -0.4 is 14.4 Å². The number of amides is 1. The third-order valence-electron chi connectivity index (χ3n) is 5.81. The number of nitrogens with zero attached hydrogens (tertiary/aromatic N) is 1. The number of aryl methyl sites for hydroxylation is 3. The van der Waals surface area contributed by atoms with E-state index in [4.69, 9.17) is 4.74 Å². The molecule has 7 heteroatoms. The molecule has 3 rings (SSSR count). The number of hydrogen-bond acceptors (Lipinski definition) is 4. The average Bonchev–Trinajstić information content (AvgIpc) is 2.74. The van der Waals surface area contributed by atoms with E-state index in [9.17, 15) is 13.2 Å². The minimum atomic E-state index is -3.69. The Bertz CT molecular complexity index is 1050. The highest BCUT2D eigenvalue weighted by Crippen LogP contribution is 2.31.